The fourth-order valence-corrected chi connectivity index (χ4v) is 2.30. The molecule has 1 aliphatic rings. The summed E-state index contributed by atoms with van der Waals surface area (Å²) >= 11 is 0. The molecule has 1 atom stereocenters. The Bertz CT molecular complexity index is 648. The van der Waals surface area contributed by atoms with E-state index in [1.807, 2.05) is 0 Å². The average molecular weight is 320 g/mol. The van der Waals surface area contributed by atoms with E-state index in [9.17, 15) is 14.4 Å². The minimum Gasteiger partial charge on any atom is -0.465 e. The molecule has 0 saturated carbocycles. The lowest BCUT2D eigenvalue weighted by Crippen LogP contribution is -2.47. The van der Waals surface area contributed by atoms with Crippen LogP contribution in [0.1, 0.15) is 42.4 Å². The molecule has 7 heteroatoms. The number of amides is 1. The Balaban J connectivity index is 2.11. The van der Waals surface area contributed by atoms with E-state index in [1.54, 1.807) is 26.8 Å². The summed E-state index contributed by atoms with van der Waals surface area (Å²) in [5.41, 5.74) is 1.03. The minimum atomic E-state index is -0.672. The number of hydrogen-bond acceptors (Lipinski definition) is 6. The van der Waals surface area contributed by atoms with Gasteiger partial charge >= 0.3 is 12.1 Å². The van der Waals surface area contributed by atoms with Crippen LogP contribution in [0.4, 0.5) is 4.79 Å². The van der Waals surface area contributed by atoms with Gasteiger partial charge in [-0.05, 0) is 32.4 Å². The number of rotatable bonds is 2. The molecule has 0 saturated heterocycles. The number of hydrogen-bond donors (Lipinski definition) is 1. The van der Waals surface area contributed by atoms with Crippen molar-refractivity contribution in [1.29, 1.82) is 0 Å². The molecule has 0 radical (unpaired) electrons. The molecule has 1 aliphatic carbocycles. The summed E-state index contributed by atoms with van der Waals surface area (Å²) in [5.74, 6) is -0.645. The van der Waals surface area contributed by atoms with Gasteiger partial charge < -0.3 is 14.8 Å². The Labute approximate surface area is 134 Å². The van der Waals surface area contributed by atoms with E-state index in [0.717, 1.165) is 0 Å². The predicted molar refractivity (Wildman–Crippen MR) is 81.1 cm³/mol. The zero-order valence-corrected chi connectivity index (χ0v) is 13.6. The van der Waals surface area contributed by atoms with Gasteiger partial charge in [-0.25, -0.2) is 9.59 Å². The van der Waals surface area contributed by atoms with E-state index in [2.05, 4.69) is 15.0 Å². The van der Waals surface area contributed by atoms with Crippen molar-refractivity contribution in [3.05, 3.63) is 29.1 Å². The van der Waals surface area contributed by atoms with Crippen molar-refractivity contribution in [2.24, 2.45) is 0 Å². The highest BCUT2D eigenvalue weighted by atomic mass is 16.6. The fourth-order valence-electron chi connectivity index (χ4n) is 2.30. The standard InChI is InChI=1S/C16H20N2O5/c1-16(2,3)23-15(21)18-12-7-11-9(6-13(12)19)5-10(8-17-11)14(20)22-4/h5,8,12H,6-7H2,1-4H3,(H,18,21). The molecule has 1 aromatic heterocycles. The van der Waals surface area contributed by atoms with Crippen LogP contribution in [-0.4, -0.2) is 41.6 Å². The predicted octanol–water partition coefficient (Wildman–Crippen LogP) is 1.43. The smallest absolute Gasteiger partial charge is 0.408 e. The summed E-state index contributed by atoms with van der Waals surface area (Å²) in [4.78, 5) is 39.7. The number of ketones is 1. The summed E-state index contributed by atoms with van der Waals surface area (Å²) in [6.45, 7) is 5.25. The number of nitrogens with one attached hydrogen (secondary N) is 1. The molecule has 1 amide bonds. The van der Waals surface area contributed by atoms with Crippen LogP contribution in [0.3, 0.4) is 0 Å². The summed E-state index contributed by atoms with van der Waals surface area (Å²) in [5, 5.41) is 2.57. The Morgan fingerprint density at radius 1 is 1.35 bits per heavy atom. The third kappa shape index (κ3) is 4.28. The molecular formula is C16H20N2O5. The minimum absolute atomic E-state index is 0.105. The van der Waals surface area contributed by atoms with Crippen LogP contribution in [0, 0.1) is 0 Å². The molecule has 0 bridgehead atoms. The zero-order chi connectivity index (χ0) is 17.2. The number of pyridine rings is 1. The average Bonchev–Trinajstić information content (AvgIpc) is 2.44. The van der Waals surface area contributed by atoms with Gasteiger partial charge in [0.2, 0.25) is 0 Å². The normalized spacial score (nSPS) is 17.2. The van der Waals surface area contributed by atoms with Crippen LogP contribution in [0.2, 0.25) is 0 Å². The fraction of sp³-hybridized carbons (Fsp3) is 0.500. The third-order valence-electron chi connectivity index (χ3n) is 3.32. The Hall–Kier alpha value is -2.44. The molecule has 1 unspecified atom stereocenters. The first kappa shape index (κ1) is 16.9. The lowest BCUT2D eigenvalue weighted by atomic mass is 9.90. The number of fused-ring (bicyclic) bond motifs is 1. The number of nitrogens with zero attached hydrogens (tertiary/aromatic N) is 1. The summed E-state index contributed by atoms with van der Waals surface area (Å²) in [6, 6.07) is 0.935. The zero-order valence-electron chi connectivity index (χ0n) is 13.6. The molecule has 2 rings (SSSR count). The quantitative estimate of drug-likeness (QED) is 0.828. The van der Waals surface area contributed by atoms with Gasteiger partial charge in [-0.3, -0.25) is 9.78 Å². The molecule has 0 fully saturated rings. The second-order valence-electron chi connectivity index (χ2n) is 6.37. The van der Waals surface area contributed by atoms with Gasteiger partial charge in [0.25, 0.3) is 0 Å². The molecule has 0 spiro atoms. The van der Waals surface area contributed by atoms with Gasteiger partial charge in [0.1, 0.15) is 5.60 Å². The molecule has 7 nitrogen and oxygen atoms in total. The number of methoxy groups -OCH3 is 1. The van der Waals surface area contributed by atoms with Gasteiger partial charge in [-0.2, -0.15) is 0 Å². The van der Waals surface area contributed by atoms with E-state index in [4.69, 9.17) is 4.74 Å². The number of carbonyl (C=O) groups is 3. The van der Waals surface area contributed by atoms with E-state index < -0.39 is 23.7 Å². The van der Waals surface area contributed by atoms with Gasteiger partial charge in [-0.1, -0.05) is 0 Å². The summed E-state index contributed by atoms with van der Waals surface area (Å²) < 4.78 is 9.79. The molecule has 1 aromatic rings. The van der Waals surface area contributed by atoms with E-state index in [1.165, 1.54) is 13.3 Å². The Morgan fingerprint density at radius 2 is 2.04 bits per heavy atom. The first-order valence-corrected chi connectivity index (χ1v) is 7.28. The molecule has 23 heavy (non-hydrogen) atoms. The van der Waals surface area contributed by atoms with Crippen molar-refractivity contribution in [3.63, 3.8) is 0 Å². The van der Waals surface area contributed by atoms with Crippen molar-refractivity contribution in [2.75, 3.05) is 7.11 Å². The maximum absolute atomic E-state index is 12.2. The van der Waals surface area contributed by atoms with Crippen molar-refractivity contribution in [1.82, 2.24) is 10.3 Å². The summed E-state index contributed by atoms with van der Waals surface area (Å²) in [6.07, 6.45) is 1.15. The number of esters is 1. The summed E-state index contributed by atoms with van der Waals surface area (Å²) in [7, 11) is 1.29. The SMILES string of the molecule is COC(=O)c1cnc2c(c1)CC(=O)C(NC(=O)OC(C)(C)C)C2. The largest absolute Gasteiger partial charge is 0.465 e. The monoisotopic (exact) mass is 320 g/mol. The highest BCUT2D eigenvalue weighted by Gasteiger charge is 2.30. The molecule has 1 N–H and O–H groups in total. The van der Waals surface area contributed by atoms with E-state index in [-0.39, 0.29) is 18.6 Å². The molecule has 124 valence electrons. The van der Waals surface area contributed by atoms with Crippen LogP contribution >= 0.6 is 0 Å². The van der Waals surface area contributed by atoms with Gasteiger partial charge in [0.15, 0.2) is 5.78 Å². The Morgan fingerprint density at radius 3 is 2.65 bits per heavy atom. The lowest BCUT2D eigenvalue weighted by molar-refractivity contribution is -0.120. The van der Waals surface area contributed by atoms with Gasteiger partial charge in [-0.15, -0.1) is 0 Å². The van der Waals surface area contributed by atoms with Gasteiger partial charge in [0.05, 0.1) is 18.7 Å². The van der Waals surface area contributed by atoms with Crippen LogP contribution in [-0.2, 0) is 27.1 Å². The van der Waals surface area contributed by atoms with Crippen LogP contribution < -0.4 is 5.32 Å². The van der Waals surface area contributed by atoms with Crippen LogP contribution in [0.25, 0.3) is 0 Å². The van der Waals surface area contributed by atoms with Crippen LogP contribution in [0.5, 0.6) is 0 Å². The highest BCUT2D eigenvalue weighted by molar-refractivity contribution is 5.93. The second-order valence-corrected chi connectivity index (χ2v) is 6.37. The lowest BCUT2D eigenvalue weighted by Gasteiger charge is -2.26. The van der Waals surface area contributed by atoms with E-state index >= 15 is 0 Å². The van der Waals surface area contributed by atoms with Crippen molar-refractivity contribution >= 4 is 17.8 Å². The first-order valence-electron chi connectivity index (χ1n) is 7.28. The maximum Gasteiger partial charge on any atom is 0.408 e. The molecule has 0 aromatic carbocycles. The third-order valence-corrected chi connectivity index (χ3v) is 3.32. The molecule has 1 heterocycles. The molecular weight excluding hydrogens is 300 g/mol. The van der Waals surface area contributed by atoms with Crippen molar-refractivity contribution < 1.29 is 23.9 Å². The molecule has 0 aliphatic heterocycles. The second kappa shape index (κ2) is 6.36. The topological polar surface area (TPSA) is 94.6 Å². The number of carbonyl (C=O) groups excluding carboxylic acids is 3. The van der Waals surface area contributed by atoms with Crippen LogP contribution in [0.15, 0.2) is 12.3 Å². The number of aromatic nitrogens is 1. The number of ether oxygens (including phenoxy) is 2. The highest BCUT2D eigenvalue weighted by Crippen LogP contribution is 2.19. The number of alkyl carbamates (subject to hydrolysis) is 1. The van der Waals surface area contributed by atoms with Crippen molar-refractivity contribution in [3.8, 4) is 0 Å². The maximum atomic E-state index is 12.2. The van der Waals surface area contributed by atoms with Crippen molar-refractivity contribution in [2.45, 2.75) is 45.3 Å². The first-order chi connectivity index (χ1) is 10.7. The van der Waals surface area contributed by atoms with E-state index in [0.29, 0.717) is 16.8 Å². The van der Waals surface area contributed by atoms with Gasteiger partial charge in [0, 0.05) is 24.7 Å². The Kier molecular flexibility index (Phi) is 4.68. The number of Topliss-reactive ketones (excluding diaryl/α,β-unsaturated/α-hetero) is 1.